The third-order valence-corrected chi connectivity index (χ3v) is 7.44. The van der Waals surface area contributed by atoms with Crippen LogP contribution < -0.4 is 14.8 Å². The van der Waals surface area contributed by atoms with Gasteiger partial charge in [-0.1, -0.05) is 0 Å². The summed E-state index contributed by atoms with van der Waals surface area (Å²) in [6, 6.07) is 13.9. The molecule has 35 heavy (non-hydrogen) atoms. The molecule has 10 heteroatoms. The third-order valence-electron chi connectivity index (χ3n) is 5.91. The number of aryl methyl sites for hydroxylation is 3. The maximum atomic E-state index is 13.0. The molecule has 2 heterocycles. The van der Waals surface area contributed by atoms with Crippen LogP contribution in [0.1, 0.15) is 28.1 Å². The number of hydrogen-bond acceptors (Lipinski definition) is 7. The SMILES string of the molecule is COc1cc(C)c(S(=O)(=O)Nc2ccc(Nc3ccc(-n4nc(C)c(C)c4C)nn3)cc2)cc1C. The number of aromatic nitrogens is 4. The van der Waals surface area contributed by atoms with Crippen LogP contribution in [-0.4, -0.2) is 35.5 Å². The second-order valence-electron chi connectivity index (χ2n) is 8.38. The van der Waals surface area contributed by atoms with E-state index in [1.165, 1.54) is 0 Å². The Morgan fingerprint density at radius 1 is 0.857 bits per heavy atom. The van der Waals surface area contributed by atoms with E-state index in [4.69, 9.17) is 4.74 Å². The Balaban J connectivity index is 1.47. The lowest BCUT2D eigenvalue weighted by atomic mass is 10.1. The molecule has 182 valence electrons. The van der Waals surface area contributed by atoms with Gasteiger partial charge in [-0.05, 0) is 99.8 Å². The molecular weight excluding hydrogens is 464 g/mol. The number of ether oxygens (including phenoxy) is 1. The van der Waals surface area contributed by atoms with Gasteiger partial charge in [0.1, 0.15) is 5.75 Å². The topological polar surface area (TPSA) is 111 Å². The molecule has 0 saturated heterocycles. The molecule has 0 aliphatic rings. The fourth-order valence-corrected chi connectivity index (χ4v) is 5.07. The number of sulfonamides is 1. The summed E-state index contributed by atoms with van der Waals surface area (Å²) in [4.78, 5) is 0.214. The Morgan fingerprint density at radius 2 is 1.54 bits per heavy atom. The van der Waals surface area contributed by atoms with Crippen LogP contribution in [0.25, 0.3) is 5.82 Å². The zero-order valence-corrected chi connectivity index (χ0v) is 21.4. The molecule has 0 fully saturated rings. The molecule has 9 nitrogen and oxygen atoms in total. The first kappa shape index (κ1) is 24.2. The number of nitrogens with zero attached hydrogens (tertiary/aromatic N) is 4. The Kier molecular flexibility index (Phi) is 6.49. The van der Waals surface area contributed by atoms with Gasteiger partial charge in [0, 0.05) is 17.1 Å². The van der Waals surface area contributed by atoms with Crippen LogP contribution in [0.15, 0.2) is 53.4 Å². The Morgan fingerprint density at radius 3 is 2.11 bits per heavy atom. The molecule has 2 N–H and O–H groups in total. The highest BCUT2D eigenvalue weighted by molar-refractivity contribution is 7.92. The standard InChI is InChI=1S/C25H28N6O3S/c1-15-14-23(16(2)13-22(15)34-6)35(32,33)30-21-9-7-20(8-10-21)26-24-11-12-25(28-27-24)31-19(5)17(3)18(4)29-31/h7-14,30H,1-6H3,(H,26,27). The highest BCUT2D eigenvalue weighted by Crippen LogP contribution is 2.27. The summed E-state index contributed by atoms with van der Waals surface area (Å²) in [5, 5.41) is 16.2. The summed E-state index contributed by atoms with van der Waals surface area (Å²) < 4.78 is 35.6. The molecule has 0 saturated carbocycles. The van der Waals surface area contributed by atoms with E-state index in [-0.39, 0.29) is 4.90 Å². The molecule has 0 radical (unpaired) electrons. The molecule has 0 spiro atoms. The average Bonchev–Trinajstić information content (AvgIpc) is 3.09. The summed E-state index contributed by atoms with van der Waals surface area (Å²) in [7, 11) is -2.19. The van der Waals surface area contributed by atoms with Gasteiger partial charge in [0.05, 0.1) is 17.7 Å². The van der Waals surface area contributed by atoms with Crippen molar-refractivity contribution in [3.05, 3.63) is 76.6 Å². The fourth-order valence-electron chi connectivity index (χ4n) is 3.70. The lowest BCUT2D eigenvalue weighted by Crippen LogP contribution is -2.14. The van der Waals surface area contributed by atoms with Gasteiger partial charge >= 0.3 is 0 Å². The monoisotopic (exact) mass is 492 g/mol. The minimum atomic E-state index is -3.76. The summed E-state index contributed by atoms with van der Waals surface area (Å²) in [5.41, 5.74) is 5.66. The predicted molar refractivity (Wildman–Crippen MR) is 136 cm³/mol. The summed E-state index contributed by atoms with van der Waals surface area (Å²) >= 11 is 0. The van der Waals surface area contributed by atoms with Crippen molar-refractivity contribution in [3.63, 3.8) is 0 Å². The van der Waals surface area contributed by atoms with Crippen LogP contribution in [0.4, 0.5) is 17.2 Å². The highest BCUT2D eigenvalue weighted by Gasteiger charge is 2.19. The van der Waals surface area contributed by atoms with E-state index >= 15 is 0 Å². The molecule has 0 unspecified atom stereocenters. The minimum absolute atomic E-state index is 0.214. The van der Waals surface area contributed by atoms with Gasteiger partial charge in [-0.15, -0.1) is 10.2 Å². The van der Waals surface area contributed by atoms with E-state index in [0.29, 0.717) is 28.6 Å². The van der Waals surface area contributed by atoms with Crippen LogP contribution in [0, 0.1) is 34.6 Å². The molecule has 0 amide bonds. The number of nitrogens with one attached hydrogen (secondary N) is 2. The van der Waals surface area contributed by atoms with Crippen molar-refractivity contribution in [3.8, 4) is 11.6 Å². The van der Waals surface area contributed by atoms with E-state index in [1.807, 2.05) is 39.8 Å². The van der Waals surface area contributed by atoms with E-state index in [9.17, 15) is 8.42 Å². The zero-order valence-electron chi connectivity index (χ0n) is 20.5. The van der Waals surface area contributed by atoms with Crippen molar-refractivity contribution >= 4 is 27.2 Å². The molecule has 2 aromatic carbocycles. The minimum Gasteiger partial charge on any atom is -0.496 e. The van der Waals surface area contributed by atoms with Gasteiger partial charge in [-0.25, -0.2) is 13.1 Å². The Hall–Kier alpha value is -3.92. The van der Waals surface area contributed by atoms with Crippen LogP contribution >= 0.6 is 0 Å². The lowest BCUT2D eigenvalue weighted by molar-refractivity contribution is 0.411. The summed E-state index contributed by atoms with van der Waals surface area (Å²) in [6.07, 6.45) is 0. The van der Waals surface area contributed by atoms with Gasteiger partial charge in [0.15, 0.2) is 11.6 Å². The van der Waals surface area contributed by atoms with Gasteiger partial charge in [-0.2, -0.15) is 5.10 Å². The van der Waals surface area contributed by atoms with Crippen molar-refractivity contribution in [1.82, 2.24) is 20.0 Å². The van der Waals surface area contributed by atoms with Gasteiger partial charge in [0.2, 0.25) is 0 Å². The second kappa shape index (κ2) is 9.38. The fraction of sp³-hybridized carbons (Fsp3) is 0.240. The lowest BCUT2D eigenvalue weighted by Gasteiger charge is -2.14. The van der Waals surface area contributed by atoms with Crippen LogP contribution in [0.3, 0.4) is 0 Å². The largest absolute Gasteiger partial charge is 0.496 e. The second-order valence-corrected chi connectivity index (χ2v) is 10.0. The van der Waals surface area contributed by atoms with E-state index < -0.39 is 10.0 Å². The Bertz CT molecular complexity index is 1480. The highest BCUT2D eigenvalue weighted by atomic mass is 32.2. The van der Waals surface area contributed by atoms with Gasteiger partial charge < -0.3 is 10.1 Å². The molecule has 0 aliphatic carbocycles. The zero-order chi connectivity index (χ0) is 25.3. The average molecular weight is 493 g/mol. The summed E-state index contributed by atoms with van der Waals surface area (Å²) in [6.45, 7) is 9.54. The number of benzene rings is 2. The smallest absolute Gasteiger partial charge is 0.262 e. The first-order chi connectivity index (χ1) is 16.6. The van der Waals surface area contributed by atoms with Crippen LogP contribution in [0.2, 0.25) is 0 Å². The van der Waals surface area contributed by atoms with Gasteiger partial charge in [-0.3, -0.25) is 4.72 Å². The number of anilines is 3. The van der Waals surface area contributed by atoms with Crippen molar-refractivity contribution in [1.29, 1.82) is 0 Å². The van der Waals surface area contributed by atoms with Gasteiger partial charge in [0.25, 0.3) is 10.0 Å². The van der Waals surface area contributed by atoms with Crippen LogP contribution in [-0.2, 0) is 10.0 Å². The molecule has 4 rings (SSSR count). The molecule has 2 aromatic heterocycles. The van der Waals surface area contributed by atoms with Crippen molar-refractivity contribution in [2.24, 2.45) is 0 Å². The predicted octanol–water partition coefficient (Wildman–Crippen LogP) is 4.76. The maximum Gasteiger partial charge on any atom is 0.262 e. The summed E-state index contributed by atoms with van der Waals surface area (Å²) in [5.74, 6) is 1.85. The van der Waals surface area contributed by atoms with Crippen molar-refractivity contribution in [2.45, 2.75) is 39.5 Å². The normalized spacial score (nSPS) is 11.4. The van der Waals surface area contributed by atoms with E-state index in [1.54, 1.807) is 55.1 Å². The molecule has 0 bridgehead atoms. The number of rotatable bonds is 7. The molecule has 0 atom stereocenters. The number of hydrogen-bond donors (Lipinski definition) is 2. The first-order valence-electron chi connectivity index (χ1n) is 11.0. The molecule has 4 aromatic rings. The third kappa shape index (κ3) is 4.97. The van der Waals surface area contributed by atoms with E-state index in [2.05, 4.69) is 25.3 Å². The van der Waals surface area contributed by atoms with E-state index in [0.717, 1.165) is 28.2 Å². The molecular formula is C25H28N6O3S. The van der Waals surface area contributed by atoms with Crippen molar-refractivity contribution < 1.29 is 13.2 Å². The van der Waals surface area contributed by atoms with Crippen molar-refractivity contribution in [2.75, 3.05) is 17.1 Å². The Labute approximate surface area is 205 Å². The quantitative estimate of drug-likeness (QED) is 0.383. The van der Waals surface area contributed by atoms with Crippen LogP contribution in [0.5, 0.6) is 5.75 Å². The molecule has 0 aliphatic heterocycles. The number of methoxy groups -OCH3 is 1. The first-order valence-corrected chi connectivity index (χ1v) is 12.5. The maximum absolute atomic E-state index is 13.0.